The number of halogens is 1. The highest BCUT2D eigenvalue weighted by Crippen LogP contribution is 2.18. The summed E-state index contributed by atoms with van der Waals surface area (Å²) in [4.78, 5) is 25.9. The van der Waals surface area contributed by atoms with Crippen LogP contribution in [0.25, 0.3) is 0 Å². The van der Waals surface area contributed by atoms with E-state index >= 15 is 0 Å². The molecule has 1 N–H and O–H groups in total. The van der Waals surface area contributed by atoms with E-state index in [4.69, 9.17) is 0 Å². The van der Waals surface area contributed by atoms with Gasteiger partial charge in [0.1, 0.15) is 5.82 Å². The molecule has 0 unspecified atom stereocenters. The number of hydrogen-bond donors (Lipinski definition) is 1. The maximum atomic E-state index is 13.0. The zero-order valence-electron chi connectivity index (χ0n) is 17.4. The number of hydrogen-bond acceptors (Lipinski definition) is 4. The summed E-state index contributed by atoms with van der Waals surface area (Å²) in [6.07, 6.45) is 1.95. The van der Waals surface area contributed by atoms with Crippen LogP contribution in [0.5, 0.6) is 0 Å². The van der Waals surface area contributed by atoms with E-state index in [1.165, 1.54) is 19.2 Å². The molecular weight excluding hydrogens is 421 g/mol. The third-order valence-electron chi connectivity index (χ3n) is 5.15. The summed E-state index contributed by atoms with van der Waals surface area (Å²) in [5.41, 5.74) is 1.58. The molecule has 2 amide bonds. The number of carbonyl (C=O) groups is 2. The van der Waals surface area contributed by atoms with Crippen LogP contribution < -0.4 is 5.32 Å². The van der Waals surface area contributed by atoms with Crippen LogP contribution in [0.15, 0.2) is 53.4 Å². The zero-order chi connectivity index (χ0) is 22.4. The number of rotatable bonds is 9. The van der Waals surface area contributed by atoms with Crippen molar-refractivity contribution in [1.82, 2.24) is 9.21 Å². The van der Waals surface area contributed by atoms with Gasteiger partial charge in [-0.3, -0.25) is 9.59 Å². The summed E-state index contributed by atoms with van der Waals surface area (Å²) >= 11 is 0. The SMILES string of the molecule is CN(CCCC(=O)Nc1cccc(CN2CCCC2=O)c1)S(=O)(=O)c1ccc(F)cc1. The van der Waals surface area contributed by atoms with Crippen LogP contribution in [-0.2, 0) is 26.2 Å². The Labute approximate surface area is 181 Å². The first-order valence-corrected chi connectivity index (χ1v) is 11.6. The third kappa shape index (κ3) is 6.11. The van der Waals surface area contributed by atoms with Crippen LogP contribution in [0.2, 0.25) is 0 Å². The van der Waals surface area contributed by atoms with Crippen molar-refractivity contribution in [2.24, 2.45) is 0 Å². The molecule has 1 aliphatic heterocycles. The van der Waals surface area contributed by atoms with Crippen molar-refractivity contribution in [3.05, 3.63) is 59.9 Å². The largest absolute Gasteiger partial charge is 0.338 e. The average molecular weight is 448 g/mol. The summed E-state index contributed by atoms with van der Waals surface area (Å²) in [5.74, 6) is -0.578. The summed E-state index contributed by atoms with van der Waals surface area (Å²) in [7, 11) is -2.30. The second-order valence-corrected chi connectivity index (χ2v) is 9.60. The molecule has 0 bridgehead atoms. The lowest BCUT2D eigenvalue weighted by molar-refractivity contribution is -0.128. The Morgan fingerprint density at radius 3 is 2.61 bits per heavy atom. The van der Waals surface area contributed by atoms with Crippen molar-refractivity contribution in [3.63, 3.8) is 0 Å². The van der Waals surface area contributed by atoms with Crippen molar-refractivity contribution < 1.29 is 22.4 Å². The van der Waals surface area contributed by atoms with Crippen molar-refractivity contribution in [2.45, 2.75) is 37.1 Å². The normalized spacial score (nSPS) is 14.3. The van der Waals surface area contributed by atoms with Crippen LogP contribution >= 0.6 is 0 Å². The van der Waals surface area contributed by atoms with E-state index in [9.17, 15) is 22.4 Å². The second-order valence-electron chi connectivity index (χ2n) is 7.55. The fraction of sp³-hybridized carbons (Fsp3) is 0.364. The van der Waals surface area contributed by atoms with E-state index < -0.39 is 15.8 Å². The number of carbonyl (C=O) groups excluding carboxylic acids is 2. The Morgan fingerprint density at radius 2 is 1.94 bits per heavy atom. The van der Waals surface area contributed by atoms with Gasteiger partial charge in [0, 0.05) is 45.2 Å². The first-order chi connectivity index (χ1) is 14.8. The number of likely N-dealkylation sites (tertiary alicyclic amines) is 1. The molecule has 1 heterocycles. The molecule has 7 nitrogen and oxygen atoms in total. The van der Waals surface area contributed by atoms with Gasteiger partial charge >= 0.3 is 0 Å². The molecule has 31 heavy (non-hydrogen) atoms. The molecular formula is C22H26FN3O4S. The van der Waals surface area contributed by atoms with E-state index in [-0.39, 0.29) is 29.7 Å². The average Bonchev–Trinajstić information content (AvgIpc) is 3.13. The van der Waals surface area contributed by atoms with Gasteiger partial charge in [0.25, 0.3) is 0 Å². The van der Waals surface area contributed by atoms with Crippen molar-refractivity contribution in [2.75, 3.05) is 25.5 Å². The smallest absolute Gasteiger partial charge is 0.242 e. The Bertz CT molecular complexity index is 1040. The quantitative estimate of drug-likeness (QED) is 0.640. The number of sulfonamides is 1. The summed E-state index contributed by atoms with van der Waals surface area (Å²) in [6, 6.07) is 12.0. The lowest BCUT2D eigenvalue weighted by atomic mass is 10.2. The monoisotopic (exact) mass is 447 g/mol. The van der Waals surface area contributed by atoms with Gasteiger partial charge < -0.3 is 10.2 Å². The number of nitrogens with one attached hydrogen (secondary N) is 1. The number of nitrogens with zero attached hydrogens (tertiary/aromatic N) is 2. The Balaban J connectivity index is 1.48. The van der Waals surface area contributed by atoms with E-state index in [2.05, 4.69) is 5.32 Å². The van der Waals surface area contributed by atoms with Gasteiger partial charge in [-0.25, -0.2) is 17.1 Å². The molecule has 0 saturated carbocycles. The lowest BCUT2D eigenvalue weighted by Gasteiger charge is -2.17. The van der Waals surface area contributed by atoms with Gasteiger partial charge in [-0.05, 0) is 54.8 Å². The minimum atomic E-state index is -3.73. The number of amides is 2. The Hall–Kier alpha value is -2.78. The molecule has 3 rings (SSSR count). The van der Waals surface area contributed by atoms with Crippen LogP contribution in [0.1, 0.15) is 31.2 Å². The molecule has 2 aromatic rings. The van der Waals surface area contributed by atoms with Crippen LogP contribution in [-0.4, -0.2) is 49.6 Å². The summed E-state index contributed by atoms with van der Waals surface area (Å²) in [6.45, 7) is 1.43. The molecule has 166 valence electrons. The third-order valence-corrected chi connectivity index (χ3v) is 7.03. The van der Waals surface area contributed by atoms with Crippen molar-refractivity contribution in [3.8, 4) is 0 Å². The molecule has 0 atom stereocenters. The molecule has 9 heteroatoms. The molecule has 0 radical (unpaired) electrons. The van der Waals surface area contributed by atoms with Crippen molar-refractivity contribution >= 4 is 27.5 Å². The van der Waals surface area contributed by atoms with Gasteiger partial charge in [0.15, 0.2) is 0 Å². The Kier molecular flexibility index (Phi) is 7.40. The van der Waals surface area contributed by atoms with Gasteiger partial charge in [-0.15, -0.1) is 0 Å². The highest BCUT2D eigenvalue weighted by atomic mass is 32.2. The molecule has 0 aromatic heterocycles. The minimum absolute atomic E-state index is 0.00847. The van der Waals surface area contributed by atoms with Gasteiger partial charge in [0.05, 0.1) is 4.90 Å². The molecule has 1 fully saturated rings. The first-order valence-electron chi connectivity index (χ1n) is 10.1. The van der Waals surface area contributed by atoms with Crippen molar-refractivity contribution in [1.29, 1.82) is 0 Å². The summed E-state index contributed by atoms with van der Waals surface area (Å²) in [5, 5.41) is 2.82. The van der Waals surface area contributed by atoms with Crippen LogP contribution in [0, 0.1) is 5.82 Å². The molecule has 1 saturated heterocycles. The highest BCUT2D eigenvalue weighted by molar-refractivity contribution is 7.89. The van der Waals surface area contributed by atoms with Crippen LogP contribution in [0.4, 0.5) is 10.1 Å². The van der Waals surface area contributed by atoms with E-state index in [0.29, 0.717) is 25.1 Å². The van der Waals surface area contributed by atoms with E-state index in [0.717, 1.165) is 35.0 Å². The zero-order valence-corrected chi connectivity index (χ0v) is 18.2. The molecule has 0 aliphatic carbocycles. The highest BCUT2D eigenvalue weighted by Gasteiger charge is 2.21. The van der Waals surface area contributed by atoms with E-state index in [1.54, 1.807) is 11.0 Å². The van der Waals surface area contributed by atoms with Gasteiger partial charge in [-0.2, -0.15) is 0 Å². The number of benzene rings is 2. The fourth-order valence-electron chi connectivity index (χ4n) is 3.43. The van der Waals surface area contributed by atoms with Crippen LogP contribution in [0.3, 0.4) is 0 Å². The maximum absolute atomic E-state index is 13.0. The van der Waals surface area contributed by atoms with Gasteiger partial charge in [0.2, 0.25) is 21.8 Å². The van der Waals surface area contributed by atoms with E-state index in [1.807, 2.05) is 18.2 Å². The maximum Gasteiger partial charge on any atom is 0.242 e. The predicted molar refractivity (Wildman–Crippen MR) is 115 cm³/mol. The molecule has 2 aromatic carbocycles. The Morgan fingerprint density at radius 1 is 1.19 bits per heavy atom. The lowest BCUT2D eigenvalue weighted by Crippen LogP contribution is -2.28. The fourth-order valence-corrected chi connectivity index (χ4v) is 4.64. The first kappa shape index (κ1) is 22.9. The van der Waals surface area contributed by atoms with Gasteiger partial charge in [-0.1, -0.05) is 12.1 Å². The summed E-state index contributed by atoms with van der Waals surface area (Å²) < 4.78 is 39.1. The second kappa shape index (κ2) is 10.0. The molecule has 1 aliphatic rings. The minimum Gasteiger partial charge on any atom is -0.338 e. The topological polar surface area (TPSA) is 86.8 Å². The number of anilines is 1. The predicted octanol–water partition coefficient (Wildman–Crippen LogP) is 2.99. The molecule has 0 spiro atoms. The standard InChI is InChI=1S/C22H26FN3O4S/c1-25(31(29,30)20-11-9-18(23)10-12-20)13-3-7-21(27)24-19-6-2-5-17(15-19)16-26-14-4-8-22(26)28/h2,5-6,9-12,15H,3-4,7-8,13-14,16H2,1H3,(H,24,27).